The number of nitrogens with one attached hydrogen (secondary N) is 4. The fourth-order valence-corrected chi connectivity index (χ4v) is 11.6. The number of nitrogens with two attached hydrogens (primary N) is 2. The number of aliphatic hydroxyl groups is 2. The number of amides is 4. The SMILES string of the molecule is CO[C@H]1/C=C/C=C(\C)C(=O)NC2=CC(=O)C(NCCCCCCCCCCCCNC3=C4C[C@@H](C)C[C@H](OC)[C@H](O)[C@@H](C)/C=C(\C)[C@H](OC(N)=O)[C@@H](OC)/C=C/C=C(\C)C(=O)NC(=CC3=O)C4=O)=C(C[C@@H](C)C[C@H](OC)[C@H](O)[C@@H](C)/C=C(\C)[C@@H]1OC(N)=O)C2=O. The zero-order chi connectivity index (χ0) is 66.8. The van der Waals surface area contributed by atoms with Gasteiger partial charge in [-0.2, -0.15) is 0 Å². The number of hydrogen-bond donors (Lipinski definition) is 8. The number of ether oxygens (including phenoxy) is 6. The van der Waals surface area contributed by atoms with Gasteiger partial charge in [0.1, 0.15) is 12.2 Å². The van der Waals surface area contributed by atoms with E-state index in [-0.39, 0.29) is 69.8 Å². The Labute approximate surface area is 531 Å². The van der Waals surface area contributed by atoms with Crippen LogP contribution in [0.15, 0.2) is 117 Å². The smallest absolute Gasteiger partial charge is 0.405 e. The third-order valence-corrected chi connectivity index (χ3v) is 16.8. The molecule has 12 atom stereocenters. The molecule has 22 nitrogen and oxygen atoms in total. The summed E-state index contributed by atoms with van der Waals surface area (Å²) in [7, 11) is 5.84. The first-order valence-electron chi connectivity index (χ1n) is 31.4. The van der Waals surface area contributed by atoms with Gasteiger partial charge in [-0.05, 0) is 89.2 Å². The minimum Gasteiger partial charge on any atom is -0.439 e. The molecule has 0 spiro atoms. The molecule has 10 N–H and O–H groups in total. The van der Waals surface area contributed by atoms with Crippen LogP contribution in [-0.2, 0) is 57.2 Å². The second-order valence-electron chi connectivity index (χ2n) is 24.3. The molecule has 0 saturated heterocycles. The van der Waals surface area contributed by atoms with Crippen molar-refractivity contribution < 1.29 is 77.0 Å². The van der Waals surface area contributed by atoms with Crippen LogP contribution in [0.3, 0.4) is 0 Å². The highest BCUT2D eigenvalue weighted by atomic mass is 16.6. The molecule has 0 fully saturated rings. The predicted octanol–water partition coefficient (Wildman–Crippen LogP) is 7.62. The summed E-state index contributed by atoms with van der Waals surface area (Å²) < 4.78 is 33.7. The lowest BCUT2D eigenvalue weighted by molar-refractivity contribution is -0.120. The minimum absolute atomic E-state index is 0.147. The Kier molecular flexibility index (Phi) is 31.8. The monoisotopic (exact) mass is 1260 g/mol. The maximum absolute atomic E-state index is 14.2. The molecule has 0 aromatic heterocycles. The van der Waals surface area contributed by atoms with Crippen LogP contribution in [0.1, 0.15) is 145 Å². The van der Waals surface area contributed by atoms with Crippen LogP contribution < -0.4 is 32.7 Å². The first kappa shape index (κ1) is 75.4. The molecule has 2 aliphatic carbocycles. The Balaban J connectivity index is 1.33. The van der Waals surface area contributed by atoms with Gasteiger partial charge in [0.05, 0.1) is 47.2 Å². The number of methoxy groups -OCH3 is 4. The van der Waals surface area contributed by atoms with Gasteiger partial charge in [-0.1, -0.05) is 128 Å². The standard InChI is InChI=1S/C68H100N6O16/c1-39-31-47-57(51(75)37-49(61(47)79)73-65(81)41(3)25-23-27-53(85-9)63(89-67(69)83)45(7)35-43(5)59(77)55(33-39)87-11)71-29-21-19-17-15-13-14-16-18-20-22-30-72-58-48-32-40(2)34-56(88-12)60(78)44(6)36-46(8)64(90-68(70)84)54(86-10)28-24-26-42(4)66(82)74-50(62(48)80)38-52(58)76/h23-28,35-40,43-44,53-56,59-60,63-64,71-72,77-78H,13-22,29-34H2,1-12H3,(H2,69,83)(H2,70,84)(H,73,81)(H,74,82)/b27-23+,28-24+,41-25+,42-26+,45-35+,46-36+/t39-,40-,43+,44+,53+,54+,55+,56+,59-,60-,63+,64+/m1/s1. The van der Waals surface area contributed by atoms with E-state index in [2.05, 4.69) is 21.3 Å². The maximum atomic E-state index is 14.2. The highest BCUT2D eigenvalue weighted by Crippen LogP contribution is 2.32. The number of Topliss-reactive ketones (excluding diaryl/α,β-unsaturated/α-hetero) is 2. The van der Waals surface area contributed by atoms with Crippen molar-refractivity contribution in [2.45, 2.75) is 194 Å². The maximum Gasteiger partial charge on any atom is 0.405 e. The summed E-state index contributed by atoms with van der Waals surface area (Å²) in [6.45, 7) is 14.9. The van der Waals surface area contributed by atoms with E-state index in [1.807, 2.05) is 13.8 Å². The Bertz CT molecular complexity index is 2690. The molecule has 498 valence electrons. The number of hydrogen-bond acceptors (Lipinski definition) is 18. The number of carbonyl (C=O) groups is 8. The molecule has 4 bridgehead atoms. The van der Waals surface area contributed by atoms with Gasteiger partial charge >= 0.3 is 12.2 Å². The Morgan fingerprint density at radius 3 is 1.18 bits per heavy atom. The molecule has 4 amide bonds. The van der Waals surface area contributed by atoms with E-state index >= 15 is 0 Å². The van der Waals surface area contributed by atoms with Gasteiger partial charge < -0.3 is 71.4 Å². The lowest BCUT2D eigenvalue weighted by Crippen LogP contribution is -2.38. The minimum atomic E-state index is -1.02. The molecule has 4 aliphatic rings. The summed E-state index contributed by atoms with van der Waals surface area (Å²) in [5, 5.41) is 34.9. The van der Waals surface area contributed by atoms with E-state index < -0.39 is 108 Å². The van der Waals surface area contributed by atoms with Crippen LogP contribution in [0.4, 0.5) is 9.59 Å². The van der Waals surface area contributed by atoms with E-state index in [9.17, 15) is 48.6 Å². The summed E-state index contributed by atoms with van der Waals surface area (Å²) in [6, 6.07) is 0. The van der Waals surface area contributed by atoms with E-state index in [1.54, 1.807) is 78.0 Å². The van der Waals surface area contributed by atoms with Crippen LogP contribution in [0, 0.1) is 23.7 Å². The van der Waals surface area contributed by atoms with Crippen LogP contribution in [0.25, 0.3) is 0 Å². The van der Waals surface area contributed by atoms with Crippen LogP contribution in [0.5, 0.6) is 0 Å². The predicted molar refractivity (Wildman–Crippen MR) is 341 cm³/mol. The van der Waals surface area contributed by atoms with Gasteiger partial charge in [0.15, 0.2) is 12.2 Å². The Morgan fingerprint density at radius 1 is 0.533 bits per heavy atom. The number of primary amides is 2. The molecule has 0 saturated carbocycles. The molecule has 0 unspecified atom stereocenters. The topological polar surface area (TPSA) is 333 Å². The number of ketones is 4. The lowest BCUT2D eigenvalue weighted by Gasteiger charge is -2.30. The van der Waals surface area contributed by atoms with Crippen LogP contribution in [0.2, 0.25) is 0 Å². The van der Waals surface area contributed by atoms with Crippen molar-refractivity contribution in [3.63, 3.8) is 0 Å². The molecule has 90 heavy (non-hydrogen) atoms. The fourth-order valence-electron chi connectivity index (χ4n) is 11.6. The van der Waals surface area contributed by atoms with Crippen molar-refractivity contribution >= 4 is 47.1 Å². The zero-order valence-electron chi connectivity index (χ0n) is 54.8. The van der Waals surface area contributed by atoms with Crippen molar-refractivity contribution in [1.29, 1.82) is 0 Å². The van der Waals surface area contributed by atoms with Crippen molar-refractivity contribution in [2.75, 3.05) is 41.5 Å². The van der Waals surface area contributed by atoms with E-state index in [1.165, 1.54) is 40.6 Å². The first-order chi connectivity index (χ1) is 42.8. The molecular weight excluding hydrogens is 1160 g/mol. The van der Waals surface area contributed by atoms with Gasteiger partial charge in [0, 0.05) is 87.8 Å². The summed E-state index contributed by atoms with van der Waals surface area (Å²) in [5.41, 5.74) is 13.0. The Morgan fingerprint density at radius 2 is 0.867 bits per heavy atom. The molecule has 0 aromatic rings. The van der Waals surface area contributed by atoms with E-state index in [4.69, 9.17) is 39.9 Å². The summed E-state index contributed by atoms with van der Waals surface area (Å²) in [5.74, 6) is -4.54. The van der Waals surface area contributed by atoms with Crippen molar-refractivity contribution in [1.82, 2.24) is 21.3 Å². The van der Waals surface area contributed by atoms with Gasteiger partial charge in [0.2, 0.25) is 23.1 Å². The van der Waals surface area contributed by atoms with Gasteiger partial charge in [-0.25, -0.2) is 9.59 Å². The molecule has 4 rings (SSSR count). The number of unbranched alkanes of at least 4 members (excludes halogenated alkanes) is 9. The van der Waals surface area contributed by atoms with Crippen molar-refractivity contribution in [3.8, 4) is 0 Å². The summed E-state index contributed by atoms with van der Waals surface area (Å²) in [4.78, 5) is 107. The largest absolute Gasteiger partial charge is 0.439 e. The first-order valence-corrected chi connectivity index (χ1v) is 31.4. The van der Waals surface area contributed by atoms with Crippen molar-refractivity contribution in [3.05, 3.63) is 117 Å². The molecule has 2 heterocycles. The normalized spacial score (nSPS) is 30.6. The Hall–Kier alpha value is -7.08. The highest BCUT2D eigenvalue weighted by Gasteiger charge is 2.36. The number of aliphatic hydroxyl groups excluding tert-OH is 2. The number of rotatable bonds is 21. The molecule has 0 aromatic carbocycles. The third kappa shape index (κ3) is 23.0. The van der Waals surface area contributed by atoms with Gasteiger partial charge in [0.25, 0.3) is 11.8 Å². The second-order valence-corrected chi connectivity index (χ2v) is 24.3. The number of allylic oxidation sites excluding steroid dienone is 8. The average Bonchev–Trinajstić information content (AvgIpc) is 1.16. The quantitative estimate of drug-likeness (QED) is 0.0311. The lowest BCUT2D eigenvalue weighted by atomic mass is 9.85. The second kappa shape index (κ2) is 37.9. The molecular formula is C68H100N6O16. The molecule has 2 aliphatic heterocycles. The summed E-state index contributed by atoms with van der Waals surface area (Å²) in [6.07, 6.45) is 16.4. The number of fused-ring (bicyclic) bond motifs is 4. The highest BCUT2D eigenvalue weighted by molar-refractivity contribution is 6.24. The van der Waals surface area contributed by atoms with Gasteiger partial charge in [-0.3, -0.25) is 28.8 Å². The third-order valence-electron chi connectivity index (χ3n) is 16.8. The van der Waals surface area contributed by atoms with Crippen LogP contribution in [-0.4, -0.2) is 148 Å². The fraction of sp³-hybridized carbons (Fsp3) is 0.588. The summed E-state index contributed by atoms with van der Waals surface area (Å²) >= 11 is 0. The van der Waals surface area contributed by atoms with Gasteiger partial charge in [-0.15, -0.1) is 0 Å². The number of carbonyl (C=O) groups excluding carboxylic acids is 8. The molecule has 0 radical (unpaired) electrons. The average molecular weight is 1260 g/mol. The zero-order valence-corrected chi connectivity index (χ0v) is 54.8. The van der Waals surface area contributed by atoms with Crippen LogP contribution >= 0.6 is 0 Å². The van der Waals surface area contributed by atoms with E-state index in [0.29, 0.717) is 37.1 Å². The van der Waals surface area contributed by atoms with E-state index in [0.717, 1.165) is 76.4 Å². The van der Waals surface area contributed by atoms with Crippen molar-refractivity contribution in [2.24, 2.45) is 35.1 Å². The molecule has 22 heteroatoms.